The van der Waals surface area contributed by atoms with E-state index >= 15 is 0 Å². The molecule has 3 aromatic heterocycles. The number of aromatic amines is 2. The first-order valence-electron chi connectivity index (χ1n) is 4.62. The average Bonchev–Trinajstić information content (AvgIpc) is 2.27. The number of pyridine rings is 2. The van der Waals surface area contributed by atoms with Crippen LogP contribution in [0.25, 0.3) is 22.1 Å². The Balaban J connectivity index is 2.61. The molecule has 78 valence electrons. The van der Waals surface area contributed by atoms with Crippen LogP contribution in [0.15, 0.2) is 34.0 Å². The molecule has 0 radical (unpaired) electrons. The third-order valence-electron chi connectivity index (χ3n) is 2.29. The second-order valence-electron chi connectivity index (χ2n) is 3.34. The molecule has 3 heterocycles. The lowest BCUT2D eigenvalue weighted by atomic mass is 10.2. The second kappa shape index (κ2) is 2.99. The van der Waals surface area contributed by atoms with Gasteiger partial charge in [0.05, 0.1) is 5.39 Å². The summed E-state index contributed by atoms with van der Waals surface area (Å²) in [5, 5.41) is 1.10. The minimum Gasteiger partial charge on any atom is -0.291 e. The fourth-order valence-corrected chi connectivity index (χ4v) is 1.58. The number of aromatic nitrogens is 4. The van der Waals surface area contributed by atoms with Crippen LogP contribution in [0.2, 0.25) is 0 Å². The lowest BCUT2D eigenvalue weighted by molar-refractivity contribution is 1.06. The number of nitrogens with one attached hydrogen (secondary N) is 2. The van der Waals surface area contributed by atoms with Gasteiger partial charge >= 0.3 is 5.69 Å². The van der Waals surface area contributed by atoms with Crippen LogP contribution in [0.4, 0.5) is 0 Å². The molecular formula is C10H6N4O2. The number of hydrogen-bond donors (Lipinski definition) is 2. The van der Waals surface area contributed by atoms with Crippen LogP contribution in [0, 0.1) is 0 Å². The third-order valence-corrected chi connectivity index (χ3v) is 2.29. The van der Waals surface area contributed by atoms with Crippen LogP contribution in [-0.4, -0.2) is 19.9 Å². The minimum absolute atomic E-state index is 0.250. The fourth-order valence-electron chi connectivity index (χ4n) is 1.58. The summed E-state index contributed by atoms with van der Waals surface area (Å²) >= 11 is 0. The molecule has 3 rings (SSSR count). The van der Waals surface area contributed by atoms with Crippen molar-refractivity contribution in [3.63, 3.8) is 0 Å². The Morgan fingerprint density at radius 2 is 2.06 bits per heavy atom. The maximum atomic E-state index is 11.5. The molecule has 6 nitrogen and oxygen atoms in total. The van der Waals surface area contributed by atoms with Crippen LogP contribution in [0.5, 0.6) is 0 Å². The molecule has 6 heteroatoms. The fraction of sp³-hybridized carbons (Fsp3) is 0. The Labute approximate surface area is 88.0 Å². The lowest BCUT2D eigenvalue weighted by Crippen LogP contribution is -2.22. The summed E-state index contributed by atoms with van der Waals surface area (Å²) in [6.07, 6.45) is 1.60. The van der Waals surface area contributed by atoms with E-state index in [1.54, 1.807) is 24.4 Å². The third kappa shape index (κ3) is 1.20. The topological polar surface area (TPSA) is 91.5 Å². The molecule has 16 heavy (non-hydrogen) atoms. The monoisotopic (exact) mass is 214 g/mol. The summed E-state index contributed by atoms with van der Waals surface area (Å²) in [6, 6.07) is 5.22. The van der Waals surface area contributed by atoms with Crippen LogP contribution in [0.1, 0.15) is 0 Å². The molecule has 3 aromatic rings. The van der Waals surface area contributed by atoms with Gasteiger partial charge in [0.2, 0.25) is 0 Å². The summed E-state index contributed by atoms with van der Waals surface area (Å²) in [5.41, 5.74) is -0.270. The molecular weight excluding hydrogens is 208 g/mol. The van der Waals surface area contributed by atoms with Crippen LogP contribution >= 0.6 is 0 Å². The van der Waals surface area contributed by atoms with E-state index in [4.69, 9.17) is 0 Å². The summed E-state index contributed by atoms with van der Waals surface area (Å²) in [5.74, 6) is 0. The largest absolute Gasteiger partial charge is 0.327 e. The van der Waals surface area contributed by atoms with Gasteiger partial charge in [-0.3, -0.25) is 14.8 Å². The van der Waals surface area contributed by atoms with Crippen LogP contribution in [-0.2, 0) is 0 Å². The van der Waals surface area contributed by atoms with Crippen molar-refractivity contribution in [2.24, 2.45) is 0 Å². The normalized spacial score (nSPS) is 11.0. The van der Waals surface area contributed by atoms with Gasteiger partial charge in [-0.1, -0.05) is 0 Å². The zero-order valence-corrected chi connectivity index (χ0v) is 8.02. The highest BCUT2D eigenvalue weighted by Gasteiger charge is 2.04. The van der Waals surface area contributed by atoms with Crippen molar-refractivity contribution in [2.45, 2.75) is 0 Å². The van der Waals surface area contributed by atoms with Gasteiger partial charge in [0.15, 0.2) is 5.65 Å². The smallest absolute Gasteiger partial charge is 0.291 e. The number of H-pyrrole nitrogens is 2. The van der Waals surface area contributed by atoms with Gasteiger partial charge in [0, 0.05) is 11.6 Å². The molecule has 0 spiro atoms. The van der Waals surface area contributed by atoms with Crippen molar-refractivity contribution in [2.75, 3.05) is 0 Å². The molecule has 0 aliphatic carbocycles. The SMILES string of the molecule is O=c1[nH]c(=O)c2cc3cccnc3nc2[nH]1. The first kappa shape index (κ1) is 8.78. The molecule has 2 N–H and O–H groups in total. The van der Waals surface area contributed by atoms with Gasteiger partial charge in [-0.25, -0.2) is 14.8 Å². The van der Waals surface area contributed by atoms with Gasteiger partial charge in [-0.15, -0.1) is 0 Å². The highest BCUT2D eigenvalue weighted by Crippen LogP contribution is 2.11. The Morgan fingerprint density at radius 3 is 2.94 bits per heavy atom. The van der Waals surface area contributed by atoms with E-state index in [9.17, 15) is 9.59 Å². The second-order valence-corrected chi connectivity index (χ2v) is 3.34. The summed E-state index contributed by atoms with van der Waals surface area (Å²) < 4.78 is 0. The first-order valence-corrected chi connectivity index (χ1v) is 4.62. The minimum atomic E-state index is -0.569. The molecule has 0 atom stereocenters. The maximum Gasteiger partial charge on any atom is 0.327 e. The molecule has 0 aliphatic heterocycles. The van der Waals surface area contributed by atoms with E-state index in [0.29, 0.717) is 11.0 Å². The molecule has 0 amide bonds. The van der Waals surface area contributed by atoms with E-state index in [1.807, 2.05) is 0 Å². The standard InChI is InChI=1S/C10H6N4O2/c15-9-6-4-5-2-1-3-11-7(5)12-8(6)13-10(16)14-9/h1-4H,(H2,11,12,13,14,15,16). The zero-order valence-electron chi connectivity index (χ0n) is 8.02. The first-order chi connectivity index (χ1) is 7.74. The van der Waals surface area contributed by atoms with Gasteiger partial charge in [0.25, 0.3) is 5.56 Å². The van der Waals surface area contributed by atoms with Gasteiger partial charge < -0.3 is 0 Å². The van der Waals surface area contributed by atoms with Gasteiger partial charge in [-0.2, -0.15) is 0 Å². The van der Waals surface area contributed by atoms with Crippen molar-refractivity contribution >= 4 is 22.1 Å². The van der Waals surface area contributed by atoms with Crippen LogP contribution in [0.3, 0.4) is 0 Å². The maximum absolute atomic E-state index is 11.5. The predicted molar refractivity (Wildman–Crippen MR) is 58.3 cm³/mol. The van der Waals surface area contributed by atoms with Crippen molar-refractivity contribution < 1.29 is 0 Å². The molecule has 0 fully saturated rings. The van der Waals surface area contributed by atoms with Crippen molar-refractivity contribution in [3.8, 4) is 0 Å². The molecule has 0 bridgehead atoms. The quantitative estimate of drug-likeness (QED) is 0.521. The van der Waals surface area contributed by atoms with Crippen molar-refractivity contribution in [1.29, 1.82) is 0 Å². The van der Waals surface area contributed by atoms with E-state index in [1.165, 1.54) is 0 Å². The van der Waals surface area contributed by atoms with Crippen molar-refractivity contribution in [3.05, 3.63) is 45.2 Å². The van der Waals surface area contributed by atoms with E-state index in [0.717, 1.165) is 5.39 Å². The Bertz CT molecular complexity index is 803. The number of rotatable bonds is 0. The van der Waals surface area contributed by atoms with Gasteiger partial charge in [-0.05, 0) is 18.2 Å². The number of hydrogen-bond acceptors (Lipinski definition) is 4. The molecule has 0 saturated heterocycles. The Hall–Kier alpha value is -2.50. The summed E-state index contributed by atoms with van der Waals surface area (Å²) in [4.78, 5) is 35.3. The highest BCUT2D eigenvalue weighted by atomic mass is 16.2. The summed E-state index contributed by atoms with van der Waals surface area (Å²) in [7, 11) is 0. The number of fused-ring (bicyclic) bond motifs is 2. The van der Waals surface area contributed by atoms with Crippen LogP contribution < -0.4 is 11.2 Å². The lowest BCUT2D eigenvalue weighted by Gasteiger charge is -1.98. The van der Waals surface area contributed by atoms with E-state index in [-0.39, 0.29) is 5.65 Å². The average molecular weight is 214 g/mol. The number of nitrogens with zero attached hydrogens (tertiary/aromatic N) is 2. The summed E-state index contributed by atoms with van der Waals surface area (Å²) in [6.45, 7) is 0. The molecule has 0 unspecified atom stereocenters. The van der Waals surface area contributed by atoms with E-state index in [2.05, 4.69) is 19.9 Å². The van der Waals surface area contributed by atoms with E-state index < -0.39 is 11.2 Å². The predicted octanol–water partition coefficient (Wildman–Crippen LogP) is 0.160. The Kier molecular flexibility index (Phi) is 1.64. The zero-order chi connectivity index (χ0) is 11.1. The molecule has 0 saturated carbocycles. The molecule has 0 aromatic carbocycles. The molecule has 0 aliphatic rings. The highest BCUT2D eigenvalue weighted by molar-refractivity contribution is 5.88. The van der Waals surface area contributed by atoms with Gasteiger partial charge in [0.1, 0.15) is 5.65 Å². The van der Waals surface area contributed by atoms with Crippen molar-refractivity contribution in [1.82, 2.24) is 19.9 Å². The Morgan fingerprint density at radius 1 is 1.19 bits per heavy atom.